The second-order valence-electron chi connectivity index (χ2n) is 5.08. The molecule has 2 nitrogen and oxygen atoms in total. The quantitative estimate of drug-likeness (QED) is 0.811. The highest BCUT2D eigenvalue weighted by atomic mass is 16.5. The van der Waals surface area contributed by atoms with Crippen LogP contribution < -0.4 is 4.74 Å². The minimum absolute atomic E-state index is 0.404. The highest BCUT2D eigenvalue weighted by Crippen LogP contribution is 2.16. The zero-order valence-electron chi connectivity index (χ0n) is 12.0. The number of rotatable bonds is 5. The second kappa shape index (κ2) is 6.77. The van der Waals surface area contributed by atoms with Gasteiger partial charge in [0.15, 0.2) is 6.10 Å². The van der Waals surface area contributed by atoms with Crippen molar-refractivity contribution in [3.8, 4) is 11.8 Å². The van der Waals surface area contributed by atoms with Crippen molar-refractivity contribution >= 4 is 0 Å². The van der Waals surface area contributed by atoms with Crippen LogP contribution in [0.25, 0.3) is 0 Å². The lowest BCUT2D eigenvalue weighted by Crippen LogP contribution is -2.15. The van der Waals surface area contributed by atoms with E-state index in [1.165, 1.54) is 16.7 Å². The van der Waals surface area contributed by atoms with Gasteiger partial charge in [0, 0.05) is 6.42 Å². The first-order chi connectivity index (χ1) is 9.67. The molecule has 0 fully saturated rings. The Morgan fingerprint density at radius 2 is 1.80 bits per heavy atom. The molecule has 102 valence electrons. The summed E-state index contributed by atoms with van der Waals surface area (Å²) >= 11 is 0. The van der Waals surface area contributed by atoms with Crippen molar-refractivity contribution in [2.24, 2.45) is 0 Å². The van der Waals surface area contributed by atoms with E-state index in [9.17, 15) is 5.26 Å². The van der Waals surface area contributed by atoms with Gasteiger partial charge in [-0.2, -0.15) is 5.26 Å². The average molecular weight is 265 g/mol. The summed E-state index contributed by atoms with van der Waals surface area (Å²) in [5, 5.41) is 9.20. The molecule has 0 amide bonds. The van der Waals surface area contributed by atoms with Crippen LogP contribution in [-0.2, 0) is 6.42 Å². The van der Waals surface area contributed by atoms with E-state index in [-0.39, 0.29) is 0 Å². The Labute approximate surface area is 120 Å². The molecule has 20 heavy (non-hydrogen) atoms. The summed E-state index contributed by atoms with van der Waals surface area (Å²) in [5.41, 5.74) is 3.68. The number of benzene rings is 2. The second-order valence-corrected chi connectivity index (χ2v) is 5.08. The van der Waals surface area contributed by atoms with Gasteiger partial charge >= 0.3 is 0 Å². The van der Waals surface area contributed by atoms with Gasteiger partial charge in [-0.3, -0.25) is 0 Å². The van der Waals surface area contributed by atoms with Crippen LogP contribution >= 0.6 is 0 Å². The summed E-state index contributed by atoms with van der Waals surface area (Å²) in [6.07, 6.45) is 1.15. The number of hydrogen-bond acceptors (Lipinski definition) is 2. The Bertz CT molecular complexity index is 596. The minimum atomic E-state index is -0.404. The molecule has 2 aromatic rings. The highest BCUT2D eigenvalue weighted by Gasteiger charge is 2.09. The SMILES string of the molecule is Cc1ccc(OC(C#N)CCc2cccc(C)c2)cc1. The number of nitriles is 1. The van der Waals surface area contributed by atoms with Crippen LogP contribution in [0.5, 0.6) is 5.75 Å². The predicted octanol–water partition coefficient (Wildman–Crippen LogP) is 4.21. The molecule has 0 aliphatic carbocycles. The van der Waals surface area contributed by atoms with Crippen LogP contribution in [0.1, 0.15) is 23.1 Å². The number of hydrogen-bond donors (Lipinski definition) is 0. The van der Waals surface area contributed by atoms with E-state index < -0.39 is 6.10 Å². The van der Waals surface area contributed by atoms with Gasteiger partial charge in [0.25, 0.3) is 0 Å². The molecule has 0 saturated carbocycles. The Balaban J connectivity index is 1.93. The third-order valence-electron chi connectivity index (χ3n) is 3.22. The molecule has 2 heteroatoms. The fraction of sp³-hybridized carbons (Fsp3) is 0.278. The van der Waals surface area contributed by atoms with Crippen molar-refractivity contribution in [3.05, 3.63) is 65.2 Å². The highest BCUT2D eigenvalue weighted by molar-refractivity contribution is 5.27. The molecule has 0 bridgehead atoms. The Hall–Kier alpha value is -2.27. The summed E-state index contributed by atoms with van der Waals surface area (Å²) in [4.78, 5) is 0. The van der Waals surface area contributed by atoms with E-state index >= 15 is 0 Å². The number of nitrogens with zero attached hydrogens (tertiary/aromatic N) is 1. The Morgan fingerprint density at radius 3 is 2.45 bits per heavy atom. The van der Waals surface area contributed by atoms with Gasteiger partial charge in [0.1, 0.15) is 11.8 Å². The molecular weight excluding hydrogens is 246 g/mol. The van der Waals surface area contributed by atoms with E-state index in [1.54, 1.807) is 0 Å². The maximum Gasteiger partial charge on any atom is 0.184 e. The van der Waals surface area contributed by atoms with Gasteiger partial charge in [-0.25, -0.2) is 0 Å². The van der Waals surface area contributed by atoms with E-state index in [2.05, 4.69) is 31.2 Å². The molecule has 2 aromatic carbocycles. The summed E-state index contributed by atoms with van der Waals surface area (Å²) in [5.74, 6) is 0.756. The van der Waals surface area contributed by atoms with Crippen molar-refractivity contribution in [1.29, 1.82) is 5.26 Å². The van der Waals surface area contributed by atoms with Gasteiger partial charge in [0.05, 0.1) is 0 Å². The molecule has 0 radical (unpaired) electrons. The molecule has 1 unspecified atom stereocenters. The first-order valence-electron chi connectivity index (χ1n) is 6.86. The molecular formula is C18H19NO. The first-order valence-corrected chi connectivity index (χ1v) is 6.86. The number of ether oxygens (including phenoxy) is 1. The largest absolute Gasteiger partial charge is 0.476 e. The van der Waals surface area contributed by atoms with Gasteiger partial charge < -0.3 is 4.74 Å². The van der Waals surface area contributed by atoms with Gasteiger partial charge in [-0.05, 0) is 38.0 Å². The van der Waals surface area contributed by atoms with Crippen molar-refractivity contribution in [2.75, 3.05) is 0 Å². The standard InChI is InChI=1S/C18H19NO/c1-14-6-9-17(10-7-14)20-18(13-19)11-8-16-5-3-4-15(2)12-16/h3-7,9-10,12,18H,8,11H2,1-2H3. The van der Waals surface area contributed by atoms with Crippen LogP contribution in [-0.4, -0.2) is 6.10 Å². The van der Waals surface area contributed by atoms with Gasteiger partial charge in [0.2, 0.25) is 0 Å². The molecule has 0 aliphatic heterocycles. The van der Waals surface area contributed by atoms with Crippen LogP contribution in [0.3, 0.4) is 0 Å². The fourth-order valence-electron chi connectivity index (χ4n) is 2.10. The minimum Gasteiger partial charge on any atom is -0.476 e. The molecule has 1 atom stereocenters. The lowest BCUT2D eigenvalue weighted by molar-refractivity contribution is 0.245. The van der Waals surface area contributed by atoms with Gasteiger partial charge in [-0.1, -0.05) is 47.5 Å². The normalized spacial score (nSPS) is 11.7. The maximum absolute atomic E-state index is 9.20. The van der Waals surface area contributed by atoms with E-state index in [1.807, 2.05) is 37.3 Å². The van der Waals surface area contributed by atoms with Crippen molar-refractivity contribution in [3.63, 3.8) is 0 Å². The zero-order chi connectivity index (χ0) is 14.4. The molecule has 0 spiro atoms. The van der Waals surface area contributed by atoms with E-state index in [4.69, 9.17) is 4.74 Å². The van der Waals surface area contributed by atoms with Crippen LogP contribution in [0.15, 0.2) is 48.5 Å². The number of aryl methyl sites for hydroxylation is 3. The van der Waals surface area contributed by atoms with Crippen molar-refractivity contribution in [2.45, 2.75) is 32.8 Å². The van der Waals surface area contributed by atoms with E-state index in [0.29, 0.717) is 6.42 Å². The summed E-state index contributed by atoms with van der Waals surface area (Å²) in [6, 6.07) is 18.4. The van der Waals surface area contributed by atoms with Crippen LogP contribution in [0.4, 0.5) is 0 Å². The van der Waals surface area contributed by atoms with Gasteiger partial charge in [-0.15, -0.1) is 0 Å². The van der Waals surface area contributed by atoms with Crippen molar-refractivity contribution in [1.82, 2.24) is 0 Å². The third-order valence-corrected chi connectivity index (χ3v) is 3.22. The molecule has 0 aromatic heterocycles. The van der Waals surface area contributed by atoms with E-state index in [0.717, 1.165) is 12.2 Å². The Morgan fingerprint density at radius 1 is 1.05 bits per heavy atom. The fourth-order valence-corrected chi connectivity index (χ4v) is 2.10. The third kappa shape index (κ3) is 4.13. The molecule has 0 heterocycles. The van der Waals surface area contributed by atoms with Crippen LogP contribution in [0.2, 0.25) is 0 Å². The zero-order valence-corrected chi connectivity index (χ0v) is 12.0. The first kappa shape index (κ1) is 14.1. The van der Waals surface area contributed by atoms with Crippen molar-refractivity contribution < 1.29 is 4.74 Å². The summed E-state index contributed by atoms with van der Waals surface area (Å²) in [7, 11) is 0. The smallest absolute Gasteiger partial charge is 0.184 e. The molecule has 0 aliphatic rings. The topological polar surface area (TPSA) is 33.0 Å². The monoisotopic (exact) mass is 265 g/mol. The Kier molecular flexibility index (Phi) is 4.79. The predicted molar refractivity (Wildman–Crippen MR) is 80.7 cm³/mol. The molecule has 0 N–H and O–H groups in total. The summed E-state index contributed by atoms with van der Waals surface area (Å²) in [6.45, 7) is 4.11. The molecule has 0 saturated heterocycles. The van der Waals surface area contributed by atoms with Crippen LogP contribution in [0, 0.1) is 25.2 Å². The summed E-state index contributed by atoms with van der Waals surface area (Å²) < 4.78 is 5.71. The lowest BCUT2D eigenvalue weighted by Gasteiger charge is -2.12. The maximum atomic E-state index is 9.20. The average Bonchev–Trinajstić information content (AvgIpc) is 2.45. The lowest BCUT2D eigenvalue weighted by atomic mass is 10.1. The molecule has 2 rings (SSSR count).